The van der Waals surface area contributed by atoms with Crippen LogP contribution in [0, 0.1) is 0 Å². The first-order valence-corrected chi connectivity index (χ1v) is 6.49. The molecule has 0 spiro atoms. The van der Waals surface area contributed by atoms with Gasteiger partial charge in [-0.15, -0.1) is 0 Å². The van der Waals surface area contributed by atoms with Gasteiger partial charge in [0.25, 0.3) is 5.91 Å². The summed E-state index contributed by atoms with van der Waals surface area (Å²) in [6, 6.07) is 3.65. The highest BCUT2D eigenvalue weighted by Gasteiger charge is 2.15. The summed E-state index contributed by atoms with van der Waals surface area (Å²) in [6.45, 7) is 4.18. The maximum absolute atomic E-state index is 11.7. The van der Waals surface area contributed by atoms with E-state index in [0.717, 1.165) is 32.0 Å². The maximum Gasteiger partial charge on any atom is 0.252 e. The predicted molar refractivity (Wildman–Crippen MR) is 73.4 cm³/mol. The van der Waals surface area contributed by atoms with Crippen molar-refractivity contribution in [3.63, 3.8) is 0 Å². The SMILES string of the molecule is CN1CCN(c2ccc(C(=O)NCCO)cn2)CC1. The van der Waals surface area contributed by atoms with Crippen LogP contribution in [0.1, 0.15) is 10.4 Å². The second-order valence-electron chi connectivity index (χ2n) is 4.67. The van der Waals surface area contributed by atoms with Crippen molar-refractivity contribution in [1.82, 2.24) is 15.2 Å². The van der Waals surface area contributed by atoms with E-state index in [2.05, 4.69) is 27.1 Å². The number of anilines is 1. The molecule has 1 aromatic rings. The summed E-state index contributed by atoms with van der Waals surface area (Å²) in [6.07, 6.45) is 1.58. The van der Waals surface area contributed by atoms with E-state index < -0.39 is 0 Å². The number of nitrogens with zero attached hydrogens (tertiary/aromatic N) is 3. The van der Waals surface area contributed by atoms with Gasteiger partial charge >= 0.3 is 0 Å². The summed E-state index contributed by atoms with van der Waals surface area (Å²) in [5.41, 5.74) is 0.520. The molecule has 0 bridgehead atoms. The lowest BCUT2D eigenvalue weighted by Gasteiger charge is -2.33. The minimum atomic E-state index is -0.202. The molecule has 0 atom stereocenters. The van der Waals surface area contributed by atoms with E-state index in [1.807, 2.05) is 6.07 Å². The Morgan fingerprint density at radius 1 is 1.37 bits per heavy atom. The molecule has 1 fully saturated rings. The van der Waals surface area contributed by atoms with Crippen LogP contribution in [-0.2, 0) is 0 Å². The Balaban J connectivity index is 1.96. The number of hydrogen-bond donors (Lipinski definition) is 2. The molecule has 0 unspecified atom stereocenters. The van der Waals surface area contributed by atoms with Crippen molar-refractivity contribution in [3.8, 4) is 0 Å². The number of carbonyl (C=O) groups excluding carboxylic acids is 1. The van der Waals surface area contributed by atoms with Gasteiger partial charge in [0, 0.05) is 38.9 Å². The normalized spacial score (nSPS) is 16.4. The van der Waals surface area contributed by atoms with Crippen molar-refractivity contribution in [2.75, 3.05) is 51.3 Å². The van der Waals surface area contributed by atoms with Crippen molar-refractivity contribution in [2.24, 2.45) is 0 Å². The van der Waals surface area contributed by atoms with E-state index in [1.165, 1.54) is 0 Å². The summed E-state index contributed by atoms with van der Waals surface area (Å²) in [5, 5.41) is 11.3. The average molecular weight is 264 g/mol. The summed E-state index contributed by atoms with van der Waals surface area (Å²) in [5.74, 6) is 0.707. The van der Waals surface area contributed by atoms with Gasteiger partial charge in [0.2, 0.25) is 0 Å². The van der Waals surface area contributed by atoms with Crippen LogP contribution in [0.25, 0.3) is 0 Å². The van der Waals surface area contributed by atoms with Crippen LogP contribution in [0.4, 0.5) is 5.82 Å². The molecule has 6 nitrogen and oxygen atoms in total. The third kappa shape index (κ3) is 3.65. The summed E-state index contributed by atoms with van der Waals surface area (Å²) in [7, 11) is 2.11. The molecule has 1 aliphatic rings. The Morgan fingerprint density at radius 2 is 2.11 bits per heavy atom. The van der Waals surface area contributed by atoms with Crippen molar-refractivity contribution >= 4 is 11.7 Å². The number of aromatic nitrogens is 1. The van der Waals surface area contributed by atoms with Crippen molar-refractivity contribution in [1.29, 1.82) is 0 Å². The van der Waals surface area contributed by atoms with E-state index in [9.17, 15) is 4.79 Å². The highest BCUT2D eigenvalue weighted by Crippen LogP contribution is 2.13. The zero-order chi connectivity index (χ0) is 13.7. The lowest BCUT2D eigenvalue weighted by Crippen LogP contribution is -2.44. The van der Waals surface area contributed by atoms with E-state index >= 15 is 0 Å². The van der Waals surface area contributed by atoms with Crippen molar-refractivity contribution in [3.05, 3.63) is 23.9 Å². The minimum absolute atomic E-state index is 0.0570. The molecule has 19 heavy (non-hydrogen) atoms. The van der Waals surface area contributed by atoms with Gasteiger partial charge in [-0.25, -0.2) is 4.98 Å². The Bertz CT molecular complexity index is 413. The molecule has 1 aromatic heterocycles. The molecule has 0 aliphatic carbocycles. The monoisotopic (exact) mass is 264 g/mol. The Labute approximate surface area is 113 Å². The van der Waals surface area contributed by atoms with Crippen LogP contribution in [0.15, 0.2) is 18.3 Å². The number of amides is 1. The fraction of sp³-hybridized carbons (Fsp3) is 0.538. The van der Waals surface area contributed by atoms with Gasteiger partial charge in [-0.3, -0.25) is 4.79 Å². The second-order valence-corrected chi connectivity index (χ2v) is 4.67. The number of carbonyl (C=O) groups is 1. The zero-order valence-corrected chi connectivity index (χ0v) is 11.2. The molecule has 2 N–H and O–H groups in total. The number of rotatable bonds is 4. The molecule has 1 saturated heterocycles. The molecule has 0 radical (unpaired) electrons. The van der Waals surface area contributed by atoms with E-state index in [0.29, 0.717) is 5.56 Å². The molecular formula is C13H20N4O2. The largest absolute Gasteiger partial charge is 0.395 e. The first-order valence-electron chi connectivity index (χ1n) is 6.49. The van der Waals surface area contributed by atoms with Crippen LogP contribution in [0.2, 0.25) is 0 Å². The average Bonchev–Trinajstić information content (AvgIpc) is 2.46. The fourth-order valence-electron chi connectivity index (χ4n) is 2.01. The van der Waals surface area contributed by atoms with Crippen molar-refractivity contribution in [2.45, 2.75) is 0 Å². The van der Waals surface area contributed by atoms with Gasteiger partial charge in [-0.1, -0.05) is 0 Å². The minimum Gasteiger partial charge on any atom is -0.395 e. The number of likely N-dealkylation sites (N-methyl/N-ethyl adjacent to an activating group) is 1. The maximum atomic E-state index is 11.7. The lowest BCUT2D eigenvalue weighted by molar-refractivity contribution is 0.0944. The molecule has 0 aromatic carbocycles. The highest BCUT2D eigenvalue weighted by atomic mass is 16.3. The standard InChI is InChI=1S/C13H20N4O2/c1-16-5-7-17(8-6-16)12-3-2-11(10-15-12)13(19)14-4-9-18/h2-3,10,18H,4-9H2,1H3,(H,14,19). The Kier molecular flexibility index (Phi) is 4.70. The Morgan fingerprint density at radius 3 is 2.68 bits per heavy atom. The molecule has 104 valence electrons. The number of aliphatic hydroxyl groups excluding tert-OH is 1. The first kappa shape index (κ1) is 13.8. The van der Waals surface area contributed by atoms with Crippen LogP contribution >= 0.6 is 0 Å². The lowest BCUT2D eigenvalue weighted by atomic mass is 10.2. The first-order chi connectivity index (χ1) is 9.20. The topological polar surface area (TPSA) is 68.7 Å². The van der Waals surface area contributed by atoms with E-state index in [-0.39, 0.29) is 19.1 Å². The third-order valence-corrected chi connectivity index (χ3v) is 3.23. The summed E-state index contributed by atoms with van der Waals surface area (Å²) in [4.78, 5) is 20.5. The molecule has 0 saturated carbocycles. The number of piperazine rings is 1. The van der Waals surface area contributed by atoms with E-state index in [1.54, 1.807) is 12.3 Å². The van der Waals surface area contributed by atoms with Gasteiger partial charge in [-0.2, -0.15) is 0 Å². The van der Waals surface area contributed by atoms with Crippen LogP contribution in [0.5, 0.6) is 0 Å². The second kappa shape index (κ2) is 6.49. The summed E-state index contributed by atoms with van der Waals surface area (Å²) < 4.78 is 0. The quantitative estimate of drug-likeness (QED) is 0.771. The molecular weight excluding hydrogens is 244 g/mol. The zero-order valence-electron chi connectivity index (χ0n) is 11.2. The van der Waals surface area contributed by atoms with Crippen molar-refractivity contribution < 1.29 is 9.90 Å². The number of pyridine rings is 1. The Hall–Kier alpha value is -1.66. The van der Waals surface area contributed by atoms with Crippen LogP contribution in [-0.4, -0.2) is 67.3 Å². The molecule has 2 rings (SSSR count). The van der Waals surface area contributed by atoms with Gasteiger partial charge in [-0.05, 0) is 19.2 Å². The van der Waals surface area contributed by atoms with Gasteiger partial charge in [0.1, 0.15) is 5.82 Å². The molecule has 6 heteroatoms. The van der Waals surface area contributed by atoms with Gasteiger partial charge in [0.15, 0.2) is 0 Å². The van der Waals surface area contributed by atoms with Crippen LogP contribution in [0.3, 0.4) is 0 Å². The van der Waals surface area contributed by atoms with E-state index in [4.69, 9.17) is 5.11 Å². The van der Waals surface area contributed by atoms with Crippen LogP contribution < -0.4 is 10.2 Å². The number of hydrogen-bond acceptors (Lipinski definition) is 5. The molecule has 1 aliphatic heterocycles. The third-order valence-electron chi connectivity index (χ3n) is 3.23. The van der Waals surface area contributed by atoms with Gasteiger partial charge in [0.05, 0.1) is 12.2 Å². The molecule has 2 heterocycles. The summed E-state index contributed by atoms with van der Waals surface area (Å²) >= 11 is 0. The fourth-order valence-corrected chi connectivity index (χ4v) is 2.01. The predicted octanol–water partition coefficient (Wildman–Crippen LogP) is -0.444. The number of nitrogens with one attached hydrogen (secondary N) is 1. The highest BCUT2D eigenvalue weighted by molar-refractivity contribution is 5.94. The molecule has 1 amide bonds. The number of aliphatic hydroxyl groups is 1. The van der Waals surface area contributed by atoms with Gasteiger partial charge < -0.3 is 20.2 Å². The smallest absolute Gasteiger partial charge is 0.252 e.